The van der Waals surface area contributed by atoms with E-state index >= 15 is 0 Å². The highest BCUT2D eigenvalue weighted by Gasteiger charge is 2.21. The van der Waals surface area contributed by atoms with E-state index in [2.05, 4.69) is 34.5 Å². The smallest absolute Gasteiger partial charge is 0.263 e. The quantitative estimate of drug-likeness (QED) is 0.549. The van der Waals surface area contributed by atoms with Crippen LogP contribution in [-0.4, -0.2) is 20.6 Å². The van der Waals surface area contributed by atoms with Crippen molar-refractivity contribution in [3.8, 4) is 11.8 Å². The molecule has 33 heavy (non-hydrogen) atoms. The highest BCUT2D eigenvalue weighted by molar-refractivity contribution is 5.53. The van der Waals surface area contributed by atoms with Gasteiger partial charge >= 0.3 is 0 Å². The van der Waals surface area contributed by atoms with Crippen LogP contribution in [0.25, 0.3) is 18.3 Å². The van der Waals surface area contributed by atoms with E-state index in [4.69, 9.17) is 5.73 Å². The van der Waals surface area contributed by atoms with Crippen molar-refractivity contribution in [2.24, 2.45) is 0 Å². The number of nitrogens with two attached hydrogens (primary N) is 1. The number of hydrogen-bond donors (Lipinski definition) is 2. The molecule has 2 unspecified atom stereocenters. The number of benzene rings is 1. The lowest BCUT2D eigenvalue weighted by Gasteiger charge is -2.25. The predicted octanol–water partition coefficient (Wildman–Crippen LogP) is 2.62. The summed E-state index contributed by atoms with van der Waals surface area (Å²) < 4.78 is 1.70. The number of nitrogens with zero attached hydrogens (tertiary/aromatic N) is 4. The molecule has 0 spiro atoms. The van der Waals surface area contributed by atoms with E-state index < -0.39 is 0 Å². The van der Waals surface area contributed by atoms with E-state index in [0.29, 0.717) is 21.8 Å². The van der Waals surface area contributed by atoms with Gasteiger partial charge in [-0.15, -0.1) is 0 Å². The second-order valence-electron chi connectivity index (χ2n) is 7.60. The van der Waals surface area contributed by atoms with Gasteiger partial charge in [-0.25, -0.2) is 4.98 Å². The Morgan fingerprint density at radius 3 is 2.64 bits per heavy atom. The van der Waals surface area contributed by atoms with Gasteiger partial charge in [-0.2, -0.15) is 10.2 Å². The molecule has 3 rings (SSSR count). The predicted molar refractivity (Wildman–Crippen MR) is 133 cm³/mol. The van der Waals surface area contributed by atoms with Gasteiger partial charge < -0.3 is 11.1 Å². The first-order chi connectivity index (χ1) is 15.9. The van der Waals surface area contributed by atoms with Crippen molar-refractivity contribution in [3.05, 3.63) is 99.5 Å². The van der Waals surface area contributed by atoms with Crippen LogP contribution in [-0.2, 0) is 0 Å². The summed E-state index contributed by atoms with van der Waals surface area (Å²) >= 11 is 0. The van der Waals surface area contributed by atoms with Gasteiger partial charge in [-0.3, -0.25) is 9.36 Å². The van der Waals surface area contributed by atoms with Crippen LogP contribution in [0.3, 0.4) is 0 Å². The number of para-hydroxylation sites is 1. The molecule has 166 valence electrons. The molecular weight excluding hydrogens is 412 g/mol. The topological polar surface area (TPSA) is 110 Å². The van der Waals surface area contributed by atoms with E-state index in [1.807, 2.05) is 50.2 Å². The molecule has 2 atom stereocenters. The van der Waals surface area contributed by atoms with E-state index in [1.165, 1.54) is 6.20 Å². The van der Waals surface area contributed by atoms with Crippen molar-refractivity contribution in [2.45, 2.75) is 25.8 Å². The minimum absolute atomic E-state index is 0.0741. The van der Waals surface area contributed by atoms with Gasteiger partial charge in [0.05, 0.1) is 6.20 Å². The van der Waals surface area contributed by atoms with Crippen molar-refractivity contribution in [3.63, 3.8) is 0 Å². The van der Waals surface area contributed by atoms with Crippen LogP contribution >= 0.6 is 0 Å². The minimum Gasteiger partial charge on any atom is -0.368 e. The molecule has 3 aromatic rings. The Balaban J connectivity index is 2.15. The largest absolute Gasteiger partial charge is 0.368 e. The molecule has 7 heteroatoms. The number of nitriles is 1. The lowest BCUT2D eigenvalue weighted by molar-refractivity contribution is 0.608. The molecule has 7 nitrogen and oxygen atoms in total. The summed E-state index contributed by atoms with van der Waals surface area (Å²) in [5.41, 5.74) is 7.37. The number of nitrogens with one attached hydrogen (secondary N) is 1. The highest BCUT2D eigenvalue weighted by Crippen LogP contribution is 2.23. The minimum atomic E-state index is -0.198. The number of nitrogen functional groups attached to an aromatic ring is 1. The second kappa shape index (κ2) is 10.2. The van der Waals surface area contributed by atoms with Crippen LogP contribution in [0.4, 0.5) is 11.8 Å². The fraction of sp³-hybridized carbons (Fsp3) is 0.154. The number of rotatable bonds is 7. The van der Waals surface area contributed by atoms with Crippen LogP contribution in [0.1, 0.15) is 31.0 Å². The Morgan fingerprint density at radius 1 is 1.24 bits per heavy atom. The zero-order valence-electron chi connectivity index (χ0n) is 18.7. The maximum absolute atomic E-state index is 13.6. The third-order valence-corrected chi connectivity index (χ3v) is 5.39. The van der Waals surface area contributed by atoms with Gasteiger partial charge in [0, 0.05) is 28.6 Å². The molecule has 2 heterocycles. The summed E-state index contributed by atoms with van der Waals surface area (Å²) in [6.45, 7) is 11.7. The first-order valence-corrected chi connectivity index (χ1v) is 10.5. The Bertz CT molecular complexity index is 1400. The van der Waals surface area contributed by atoms with Gasteiger partial charge in [0.15, 0.2) is 0 Å². The average Bonchev–Trinajstić information content (AvgIpc) is 2.81. The molecule has 0 radical (unpaired) electrons. The maximum atomic E-state index is 13.6. The Kier molecular flexibility index (Phi) is 7.21. The standard InChI is InChI=1S/C26H26N6O/c1-5-6-8-13-22-17(2)14-23(32(25(22)33)21-11-9-7-10-12-21)18(3)19(4)30-24-20(15-27)16-29-26(28)31-24/h5-14,16,18-19H,1-2H2,3-4H3,(H3,28,29,30,31). The third-order valence-electron chi connectivity index (χ3n) is 5.39. The van der Waals surface area contributed by atoms with Gasteiger partial charge in [0.2, 0.25) is 5.95 Å². The SMILES string of the molecule is C=CC=CC=c1c(=C)cc(C(C)C(C)Nc2nc(N)ncc2C#N)n(-c2ccccc2)c1=O. The fourth-order valence-corrected chi connectivity index (χ4v) is 3.47. The number of aromatic nitrogens is 3. The molecule has 0 amide bonds. The molecule has 0 saturated carbocycles. The Hall–Kier alpha value is -4.44. The Morgan fingerprint density at radius 2 is 1.97 bits per heavy atom. The summed E-state index contributed by atoms with van der Waals surface area (Å²) in [4.78, 5) is 21.6. The molecule has 3 N–H and O–H groups in total. The number of allylic oxidation sites excluding steroid dienone is 3. The van der Waals surface area contributed by atoms with E-state index in [-0.39, 0.29) is 23.5 Å². The zero-order valence-corrected chi connectivity index (χ0v) is 18.7. The molecule has 0 bridgehead atoms. The van der Waals surface area contributed by atoms with Crippen LogP contribution in [0.2, 0.25) is 0 Å². The molecule has 0 aliphatic heterocycles. The van der Waals surface area contributed by atoms with Crippen LogP contribution < -0.4 is 27.0 Å². The molecule has 1 aromatic carbocycles. The van der Waals surface area contributed by atoms with Crippen molar-refractivity contribution in [2.75, 3.05) is 11.1 Å². The highest BCUT2D eigenvalue weighted by atomic mass is 16.1. The van der Waals surface area contributed by atoms with Crippen molar-refractivity contribution < 1.29 is 0 Å². The lowest BCUT2D eigenvalue weighted by Crippen LogP contribution is -2.46. The monoisotopic (exact) mass is 438 g/mol. The maximum Gasteiger partial charge on any atom is 0.263 e. The van der Waals surface area contributed by atoms with Gasteiger partial charge in [-0.05, 0) is 36.4 Å². The molecule has 0 saturated heterocycles. The summed E-state index contributed by atoms with van der Waals surface area (Å²) in [6, 6.07) is 13.3. The van der Waals surface area contributed by atoms with Gasteiger partial charge in [0.25, 0.3) is 5.56 Å². The fourth-order valence-electron chi connectivity index (χ4n) is 3.47. The lowest BCUT2D eigenvalue weighted by atomic mass is 9.97. The number of hydrogen-bond acceptors (Lipinski definition) is 6. The van der Waals surface area contributed by atoms with Gasteiger partial charge in [-0.1, -0.05) is 56.5 Å². The van der Waals surface area contributed by atoms with Crippen LogP contribution in [0, 0.1) is 11.3 Å². The summed E-state index contributed by atoms with van der Waals surface area (Å²) in [7, 11) is 0. The average molecular weight is 439 g/mol. The summed E-state index contributed by atoms with van der Waals surface area (Å²) in [6.07, 6.45) is 8.30. The zero-order chi connectivity index (χ0) is 24.0. The molecule has 2 aromatic heterocycles. The van der Waals surface area contributed by atoms with Crippen LogP contribution in [0.5, 0.6) is 0 Å². The van der Waals surface area contributed by atoms with E-state index in [9.17, 15) is 10.1 Å². The molecule has 0 aliphatic carbocycles. The molecular formula is C26H26N6O. The van der Waals surface area contributed by atoms with E-state index in [1.54, 1.807) is 28.9 Å². The third kappa shape index (κ3) is 5.08. The second-order valence-corrected chi connectivity index (χ2v) is 7.60. The van der Waals surface area contributed by atoms with Crippen molar-refractivity contribution in [1.82, 2.24) is 14.5 Å². The van der Waals surface area contributed by atoms with Gasteiger partial charge in [0.1, 0.15) is 17.5 Å². The van der Waals surface area contributed by atoms with E-state index in [0.717, 1.165) is 11.4 Å². The first kappa shape index (κ1) is 23.2. The van der Waals surface area contributed by atoms with Crippen molar-refractivity contribution in [1.29, 1.82) is 5.26 Å². The number of pyridine rings is 1. The molecule has 0 aliphatic rings. The molecule has 0 fully saturated rings. The first-order valence-electron chi connectivity index (χ1n) is 10.5. The normalized spacial score (nSPS) is 13.4. The Labute approximate surface area is 192 Å². The summed E-state index contributed by atoms with van der Waals surface area (Å²) in [5.74, 6) is 0.274. The number of anilines is 2. The summed E-state index contributed by atoms with van der Waals surface area (Å²) in [5, 5.41) is 13.8. The van der Waals surface area contributed by atoms with Crippen molar-refractivity contribution >= 4 is 24.4 Å². The van der Waals surface area contributed by atoms with Crippen LogP contribution in [0.15, 0.2) is 72.2 Å².